The number of nitrogens with two attached hydrogens (primary N) is 1. The summed E-state index contributed by atoms with van der Waals surface area (Å²) in [7, 11) is 0. The molecule has 0 aliphatic rings. The molecule has 0 saturated heterocycles. The number of hydrogen-bond donors (Lipinski definition) is 1. The van der Waals surface area contributed by atoms with E-state index in [0.29, 0.717) is 12.0 Å². The van der Waals surface area contributed by atoms with E-state index >= 15 is 0 Å². The van der Waals surface area contributed by atoms with Gasteiger partial charge in [-0.15, -0.1) is 0 Å². The average Bonchev–Trinajstić information content (AvgIpc) is 1.88. The maximum Gasteiger partial charge on any atom is 0.00390 e. The lowest BCUT2D eigenvalue weighted by Crippen LogP contribution is -2.23. The fourth-order valence-corrected chi connectivity index (χ4v) is 0.692. The summed E-state index contributed by atoms with van der Waals surface area (Å²) in [5.41, 5.74) is 5.68. The van der Waals surface area contributed by atoms with Crippen LogP contribution < -0.4 is 5.73 Å². The molecule has 0 amide bonds. The number of rotatable bonds is 4. The van der Waals surface area contributed by atoms with Crippen molar-refractivity contribution in [3.05, 3.63) is 12.2 Å². The fourth-order valence-electron chi connectivity index (χ4n) is 0.692. The normalized spacial score (nSPS) is 17.6. The zero-order valence-electron chi connectivity index (χ0n) is 7.30. The van der Waals surface area contributed by atoms with Gasteiger partial charge in [-0.1, -0.05) is 26.0 Å². The van der Waals surface area contributed by atoms with Crippen molar-refractivity contribution in [1.82, 2.24) is 0 Å². The topological polar surface area (TPSA) is 26.0 Å². The van der Waals surface area contributed by atoms with E-state index in [0.717, 1.165) is 12.8 Å². The minimum absolute atomic E-state index is 0.321. The van der Waals surface area contributed by atoms with E-state index in [4.69, 9.17) is 5.73 Å². The van der Waals surface area contributed by atoms with E-state index < -0.39 is 0 Å². The van der Waals surface area contributed by atoms with Crippen LogP contribution in [-0.4, -0.2) is 6.04 Å². The van der Waals surface area contributed by atoms with Crippen LogP contribution in [0.4, 0.5) is 0 Å². The van der Waals surface area contributed by atoms with Crippen LogP contribution in [0.3, 0.4) is 0 Å². The molecule has 1 heteroatoms. The second-order valence-corrected chi connectivity index (χ2v) is 2.95. The largest absolute Gasteiger partial charge is 0.328 e. The zero-order chi connectivity index (χ0) is 7.98. The van der Waals surface area contributed by atoms with Gasteiger partial charge >= 0.3 is 0 Å². The molecule has 0 saturated carbocycles. The van der Waals surface area contributed by atoms with Gasteiger partial charge in [0, 0.05) is 6.04 Å². The summed E-state index contributed by atoms with van der Waals surface area (Å²) in [6, 6.07) is 0.321. The van der Waals surface area contributed by atoms with Crippen molar-refractivity contribution in [2.24, 2.45) is 11.7 Å². The Balaban J connectivity index is 3.38. The van der Waals surface area contributed by atoms with Crippen LogP contribution in [0.5, 0.6) is 0 Å². The van der Waals surface area contributed by atoms with Crippen LogP contribution in [-0.2, 0) is 0 Å². The third-order valence-electron chi connectivity index (χ3n) is 1.81. The van der Waals surface area contributed by atoms with E-state index in [1.54, 1.807) is 0 Å². The molecule has 0 aliphatic heterocycles. The van der Waals surface area contributed by atoms with Crippen molar-refractivity contribution >= 4 is 0 Å². The van der Waals surface area contributed by atoms with Crippen molar-refractivity contribution in [3.63, 3.8) is 0 Å². The molecule has 0 spiro atoms. The molecule has 0 bridgehead atoms. The van der Waals surface area contributed by atoms with Crippen LogP contribution in [0.1, 0.15) is 33.6 Å². The van der Waals surface area contributed by atoms with Gasteiger partial charge in [0.15, 0.2) is 0 Å². The second-order valence-electron chi connectivity index (χ2n) is 2.95. The summed E-state index contributed by atoms with van der Waals surface area (Å²) in [4.78, 5) is 0. The highest BCUT2D eigenvalue weighted by molar-refractivity contribution is 4.83. The Labute approximate surface area is 64.3 Å². The summed E-state index contributed by atoms with van der Waals surface area (Å²) >= 11 is 0. The molecule has 10 heavy (non-hydrogen) atoms. The molecule has 0 radical (unpaired) electrons. The van der Waals surface area contributed by atoms with E-state index in [2.05, 4.69) is 32.9 Å². The van der Waals surface area contributed by atoms with Gasteiger partial charge in [0.25, 0.3) is 0 Å². The van der Waals surface area contributed by atoms with Gasteiger partial charge in [-0.05, 0) is 25.7 Å². The molecular weight excluding hydrogens is 122 g/mol. The quantitative estimate of drug-likeness (QED) is 0.597. The number of hydrogen-bond acceptors (Lipinski definition) is 1. The fraction of sp³-hybridized carbons (Fsp3) is 0.778. The monoisotopic (exact) mass is 141 g/mol. The third-order valence-corrected chi connectivity index (χ3v) is 1.81. The first-order valence-electron chi connectivity index (χ1n) is 4.09. The van der Waals surface area contributed by atoms with Gasteiger partial charge in [0.05, 0.1) is 0 Å². The first-order valence-corrected chi connectivity index (χ1v) is 4.09. The Hall–Kier alpha value is -0.300. The molecule has 0 fully saturated rings. The standard InChI is InChI=1S/C9H19N/c1-4-5-6-7-8(2)9(3)10/h5-6,8-9H,4,7,10H2,1-3H3/b6-5-/t8-,9+/m0/s1. The average molecular weight is 141 g/mol. The van der Waals surface area contributed by atoms with Gasteiger partial charge in [0.2, 0.25) is 0 Å². The lowest BCUT2D eigenvalue weighted by atomic mass is 10.0. The van der Waals surface area contributed by atoms with Crippen LogP contribution in [0.2, 0.25) is 0 Å². The first-order chi connectivity index (χ1) is 4.68. The third kappa shape index (κ3) is 4.57. The van der Waals surface area contributed by atoms with Crippen molar-refractivity contribution in [2.75, 3.05) is 0 Å². The van der Waals surface area contributed by atoms with E-state index in [-0.39, 0.29) is 0 Å². The molecule has 1 nitrogen and oxygen atoms in total. The predicted octanol–water partition coefficient (Wildman–Crippen LogP) is 2.33. The van der Waals surface area contributed by atoms with E-state index in [9.17, 15) is 0 Å². The molecule has 60 valence electrons. The van der Waals surface area contributed by atoms with Gasteiger partial charge in [-0.25, -0.2) is 0 Å². The molecule has 0 aromatic heterocycles. The Morgan fingerprint density at radius 3 is 2.30 bits per heavy atom. The molecule has 0 unspecified atom stereocenters. The van der Waals surface area contributed by atoms with E-state index in [1.807, 2.05) is 0 Å². The highest BCUT2D eigenvalue weighted by Crippen LogP contribution is 2.06. The Kier molecular flexibility index (Phi) is 5.32. The van der Waals surface area contributed by atoms with Gasteiger partial charge < -0.3 is 5.73 Å². The lowest BCUT2D eigenvalue weighted by Gasteiger charge is -2.11. The Morgan fingerprint density at radius 2 is 1.90 bits per heavy atom. The molecule has 0 aromatic rings. The summed E-state index contributed by atoms with van der Waals surface area (Å²) < 4.78 is 0. The smallest absolute Gasteiger partial charge is 0.00390 e. The summed E-state index contributed by atoms with van der Waals surface area (Å²) in [6.45, 7) is 6.39. The molecule has 0 rings (SSSR count). The molecule has 0 aliphatic carbocycles. The highest BCUT2D eigenvalue weighted by Gasteiger charge is 2.03. The molecule has 0 heterocycles. The van der Waals surface area contributed by atoms with Crippen LogP contribution >= 0.6 is 0 Å². The molecule has 2 atom stereocenters. The summed E-state index contributed by atoms with van der Waals surface area (Å²) in [5.74, 6) is 0.614. The SMILES string of the molecule is CC/C=C\C[C@H](C)[C@@H](C)N. The number of allylic oxidation sites excluding steroid dienone is 2. The van der Waals surface area contributed by atoms with Gasteiger partial charge in [-0.2, -0.15) is 0 Å². The van der Waals surface area contributed by atoms with Crippen molar-refractivity contribution < 1.29 is 0 Å². The van der Waals surface area contributed by atoms with E-state index in [1.165, 1.54) is 0 Å². The van der Waals surface area contributed by atoms with Crippen LogP contribution in [0.25, 0.3) is 0 Å². The molecular formula is C9H19N. The van der Waals surface area contributed by atoms with Crippen molar-refractivity contribution in [3.8, 4) is 0 Å². The highest BCUT2D eigenvalue weighted by atomic mass is 14.6. The second kappa shape index (κ2) is 5.48. The predicted molar refractivity (Wildman–Crippen MR) is 46.9 cm³/mol. The molecule has 2 N–H and O–H groups in total. The first kappa shape index (κ1) is 9.70. The molecule has 0 aromatic carbocycles. The van der Waals surface area contributed by atoms with Gasteiger partial charge in [-0.3, -0.25) is 0 Å². The maximum atomic E-state index is 5.68. The summed E-state index contributed by atoms with van der Waals surface area (Å²) in [5, 5.41) is 0. The summed E-state index contributed by atoms with van der Waals surface area (Å²) in [6.07, 6.45) is 6.66. The minimum atomic E-state index is 0.321. The zero-order valence-corrected chi connectivity index (χ0v) is 7.30. The lowest BCUT2D eigenvalue weighted by molar-refractivity contribution is 0.489. The minimum Gasteiger partial charge on any atom is -0.328 e. The van der Waals surface area contributed by atoms with Crippen LogP contribution in [0, 0.1) is 5.92 Å². The Bertz CT molecular complexity index is 94.9. The maximum absolute atomic E-state index is 5.68. The van der Waals surface area contributed by atoms with Crippen molar-refractivity contribution in [2.45, 2.75) is 39.7 Å². The van der Waals surface area contributed by atoms with Crippen LogP contribution in [0.15, 0.2) is 12.2 Å². The Morgan fingerprint density at radius 1 is 1.30 bits per heavy atom. The van der Waals surface area contributed by atoms with Crippen molar-refractivity contribution in [1.29, 1.82) is 0 Å². The van der Waals surface area contributed by atoms with Gasteiger partial charge in [0.1, 0.15) is 0 Å².